The molecule has 2 aliphatic heterocycles. The first-order valence-corrected chi connectivity index (χ1v) is 14.6. The maximum atomic E-state index is 14.1. The average molecular weight is 572 g/mol. The monoisotopic (exact) mass is 571 g/mol. The quantitative estimate of drug-likeness (QED) is 0.411. The van der Waals surface area contributed by atoms with Crippen LogP contribution in [0.3, 0.4) is 0 Å². The molecular weight excluding hydrogens is 532 g/mol. The van der Waals surface area contributed by atoms with Crippen LogP contribution in [0.2, 0.25) is 0 Å². The van der Waals surface area contributed by atoms with Crippen LogP contribution < -0.4 is 10.2 Å². The van der Waals surface area contributed by atoms with Crippen molar-refractivity contribution in [2.75, 3.05) is 76.5 Å². The van der Waals surface area contributed by atoms with Crippen molar-refractivity contribution in [3.63, 3.8) is 0 Å². The molecule has 0 radical (unpaired) electrons. The number of imidazole rings is 1. The van der Waals surface area contributed by atoms with Crippen molar-refractivity contribution in [3.8, 4) is 5.82 Å². The second-order valence-electron chi connectivity index (χ2n) is 11.1. The van der Waals surface area contributed by atoms with Crippen LogP contribution in [0.4, 0.5) is 20.5 Å². The molecule has 3 aromatic rings. The van der Waals surface area contributed by atoms with Crippen molar-refractivity contribution < 1.29 is 23.0 Å². The molecule has 41 heavy (non-hydrogen) atoms. The number of nitrogens with one attached hydrogen (secondary N) is 1. The molecule has 3 aliphatic rings. The van der Waals surface area contributed by atoms with Crippen molar-refractivity contribution in [2.45, 2.75) is 44.2 Å². The normalized spacial score (nSPS) is 24.3. The van der Waals surface area contributed by atoms with Gasteiger partial charge in [-0.2, -0.15) is 9.97 Å². The van der Waals surface area contributed by atoms with Gasteiger partial charge in [-0.25, -0.2) is 13.8 Å². The summed E-state index contributed by atoms with van der Waals surface area (Å²) < 4.78 is 46.4. The Morgan fingerprint density at radius 1 is 1.00 bits per heavy atom. The van der Waals surface area contributed by atoms with Gasteiger partial charge >= 0.3 is 0 Å². The zero-order valence-electron chi connectivity index (χ0n) is 23.6. The Morgan fingerprint density at radius 2 is 1.78 bits per heavy atom. The summed E-state index contributed by atoms with van der Waals surface area (Å²) in [6.07, 6.45) is 1.76. The third-order valence-electron chi connectivity index (χ3n) is 8.50. The molecule has 0 spiro atoms. The molecule has 1 atom stereocenters. The predicted octanol–water partition coefficient (Wildman–Crippen LogP) is 3.91. The number of aromatic nitrogens is 4. The maximum Gasteiger partial charge on any atom is 0.296 e. The molecule has 2 aromatic heterocycles. The zero-order chi connectivity index (χ0) is 28.2. The first kappa shape index (κ1) is 28.2. The van der Waals surface area contributed by atoms with Gasteiger partial charge in [0.1, 0.15) is 11.6 Å². The molecule has 2 saturated heterocycles. The van der Waals surface area contributed by atoms with Crippen LogP contribution in [-0.4, -0.2) is 103 Å². The highest BCUT2D eigenvalue weighted by molar-refractivity contribution is 5.78. The minimum atomic E-state index is -2.74. The highest BCUT2D eigenvalue weighted by Gasteiger charge is 2.32. The van der Waals surface area contributed by atoms with E-state index in [0.29, 0.717) is 79.5 Å². The highest BCUT2D eigenvalue weighted by Crippen LogP contribution is 2.32. The van der Waals surface area contributed by atoms with E-state index in [4.69, 9.17) is 24.2 Å². The topological polar surface area (TPSA) is 89.8 Å². The summed E-state index contributed by atoms with van der Waals surface area (Å²) in [7, 11) is 1.75. The van der Waals surface area contributed by atoms with Crippen LogP contribution in [0, 0.1) is 5.92 Å². The number of halogens is 2. The van der Waals surface area contributed by atoms with Crippen LogP contribution in [0.1, 0.15) is 37.9 Å². The van der Waals surface area contributed by atoms with Gasteiger partial charge in [-0.05, 0) is 43.7 Å². The number of anilines is 2. The van der Waals surface area contributed by atoms with Gasteiger partial charge < -0.3 is 24.4 Å². The summed E-state index contributed by atoms with van der Waals surface area (Å²) in [6, 6.07) is 9.79. The van der Waals surface area contributed by atoms with Gasteiger partial charge in [0.05, 0.1) is 50.1 Å². The van der Waals surface area contributed by atoms with Gasteiger partial charge in [-0.15, -0.1) is 0 Å². The number of methoxy groups -OCH3 is 1. The number of ether oxygens (including phenoxy) is 3. The molecule has 0 amide bonds. The van der Waals surface area contributed by atoms with Crippen molar-refractivity contribution in [1.82, 2.24) is 24.4 Å². The predicted molar refractivity (Wildman–Crippen MR) is 152 cm³/mol. The van der Waals surface area contributed by atoms with Gasteiger partial charge in [0.2, 0.25) is 5.95 Å². The zero-order valence-corrected chi connectivity index (χ0v) is 23.6. The Bertz CT molecular complexity index is 1290. The van der Waals surface area contributed by atoms with Crippen molar-refractivity contribution in [1.29, 1.82) is 0 Å². The molecule has 222 valence electrons. The van der Waals surface area contributed by atoms with E-state index < -0.39 is 6.43 Å². The van der Waals surface area contributed by atoms with Crippen molar-refractivity contribution in [3.05, 3.63) is 36.2 Å². The number of fused-ring (bicyclic) bond motifs is 1. The molecule has 1 N–H and O–H groups in total. The summed E-state index contributed by atoms with van der Waals surface area (Å²) in [5, 5.41) is 3.53. The van der Waals surface area contributed by atoms with Crippen LogP contribution in [0.15, 0.2) is 30.3 Å². The van der Waals surface area contributed by atoms with E-state index in [9.17, 15) is 8.78 Å². The molecule has 3 fully saturated rings. The van der Waals surface area contributed by atoms with E-state index in [1.54, 1.807) is 31.4 Å². The van der Waals surface area contributed by atoms with Crippen LogP contribution in [0.5, 0.6) is 0 Å². The molecule has 10 nitrogen and oxygen atoms in total. The maximum absolute atomic E-state index is 14.1. The van der Waals surface area contributed by atoms with Gasteiger partial charge in [0.25, 0.3) is 6.43 Å². The molecule has 1 aromatic carbocycles. The van der Waals surface area contributed by atoms with E-state index >= 15 is 0 Å². The van der Waals surface area contributed by atoms with E-state index in [-0.39, 0.29) is 5.82 Å². The number of morpholine rings is 2. The Balaban J connectivity index is 1.20. The average Bonchev–Trinajstić information content (AvgIpc) is 3.41. The fourth-order valence-corrected chi connectivity index (χ4v) is 6.38. The van der Waals surface area contributed by atoms with Crippen molar-refractivity contribution in [2.24, 2.45) is 5.92 Å². The Morgan fingerprint density at radius 3 is 2.56 bits per heavy atom. The van der Waals surface area contributed by atoms with Gasteiger partial charge in [0.15, 0.2) is 5.82 Å². The number of para-hydroxylation sites is 2. The minimum absolute atomic E-state index is 0.322. The molecule has 6 rings (SSSR count). The smallest absolute Gasteiger partial charge is 0.296 e. The minimum Gasteiger partial charge on any atom is -0.383 e. The lowest BCUT2D eigenvalue weighted by Gasteiger charge is -2.43. The van der Waals surface area contributed by atoms with Gasteiger partial charge in [-0.1, -0.05) is 12.1 Å². The Hall–Kier alpha value is -2.93. The van der Waals surface area contributed by atoms with E-state index in [2.05, 4.69) is 15.2 Å². The number of alkyl halides is 2. The lowest BCUT2D eigenvalue weighted by molar-refractivity contribution is -0.0614. The summed E-state index contributed by atoms with van der Waals surface area (Å²) in [4.78, 5) is 18.4. The second-order valence-corrected chi connectivity index (χ2v) is 11.1. The summed E-state index contributed by atoms with van der Waals surface area (Å²) in [6.45, 7) is 6.37. The molecular formula is C29H39F2N7O3. The van der Waals surface area contributed by atoms with Gasteiger partial charge in [0, 0.05) is 45.4 Å². The SMILES string of the molecule is COC[C@@H]1COCCN1[C@H]1CC[C@@H](CNc2cc(-n3c(C(F)F)nc4ccccc43)nc(N3CCOCC3)n2)CC1. The van der Waals surface area contributed by atoms with E-state index in [1.807, 2.05) is 11.0 Å². The number of hydrogen-bond acceptors (Lipinski definition) is 9. The molecule has 12 heteroatoms. The number of rotatable bonds is 9. The van der Waals surface area contributed by atoms with Crippen molar-refractivity contribution >= 4 is 22.8 Å². The number of benzene rings is 1. The molecule has 4 heterocycles. The molecule has 0 bridgehead atoms. The molecule has 1 saturated carbocycles. The lowest BCUT2D eigenvalue weighted by atomic mass is 9.84. The molecule has 1 aliphatic carbocycles. The molecule has 0 unspecified atom stereocenters. The Kier molecular flexibility index (Phi) is 8.90. The third-order valence-corrected chi connectivity index (χ3v) is 8.50. The Labute approximate surface area is 239 Å². The van der Waals surface area contributed by atoms with Gasteiger partial charge in [-0.3, -0.25) is 9.47 Å². The second kappa shape index (κ2) is 12.9. The van der Waals surface area contributed by atoms with E-state index in [1.165, 1.54) is 4.57 Å². The fraction of sp³-hybridized carbons (Fsp3) is 0.621. The van der Waals surface area contributed by atoms with E-state index in [0.717, 1.165) is 52.0 Å². The van der Waals surface area contributed by atoms with Crippen LogP contribution in [0.25, 0.3) is 16.9 Å². The van der Waals surface area contributed by atoms with Crippen LogP contribution in [-0.2, 0) is 14.2 Å². The first-order chi connectivity index (χ1) is 20.1. The number of hydrogen-bond donors (Lipinski definition) is 1. The number of nitrogens with zero attached hydrogens (tertiary/aromatic N) is 6. The summed E-state index contributed by atoms with van der Waals surface area (Å²) in [5.41, 5.74) is 1.10. The summed E-state index contributed by atoms with van der Waals surface area (Å²) >= 11 is 0. The lowest BCUT2D eigenvalue weighted by Crippen LogP contribution is -2.53. The van der Waals surface area contributed by atoms with Crippen LogP contribution >= 0.6 is 0 Å². The fourth-order valence-electron chi connectivity index (χ4n) is 6.38. The largest absolute Gasteiger partial charge is 0.383 e. The summed E-state index contributed by atoms with van der Waals surface area (Å²) in [5.74, 6) is 1.70. The highest BCUT2D eigenvalue weighted by atomic mass is 19.3. The standard InChI is InChI=1S/C29H39F2N7O3/c1-39-18-22-19-41-15-12-37(22)21-8-6-20(7-9-21)17-32-25-16-26(35-29(34-25)36-10-13-40-14-11-36)38-24-5-3-2-4-23(24)33-28(38)27(30)31/h2-5,16,20-22,27H,6-15,17-19H2,1H3,(H,32,34,35)/t20-,21+,22-/m1/s1. The first-order valence-electron chi connectivity index (χ1n) is 14.6. The third kappa shape index (κ3) is 6.30.